The van der Waals surface area contributed by atoms with E-state index in [0.717, 1.165) is 12.1 Å². The van der Waals surface area contributed by atoms with Gasteiger partial charge in [-0.2, -0.15) is 0 Å². The van der Waals surface area contributed by atoms with Crippen molar-refractivity contribution < 1.29 is 85.1 Å². The molecule has 2 amide bonds. The number of aromatic nitrogens is 1. The first-order chi connectivity index (χ1) is 35.0. The molecule has 73 heavy (non-hydrogen) atoms. The van der Waals surface area contributed by atoms with E-state index in [1.165, 1.54) is 61.2 Å². The monoisotopic (exact) mass is 1060 g/mol. The van der Waals surface area contributed by atoms with Gasteiger partial charge in [0.05, 0.1) is 64.6 Å². The minimum Gasteiger partial charge on any atom is -0.507 e. The van der Waals surface area contributed by atoms with E-state index in [1.807, 2.05) is 0 Å². The number of carbonyl (C=O) groups is 3. The molecule has 3 heterocycles. The molecule has 2 aliphatic rings. The summed E-state index contributed by atoms with van der Waals surface area (Å²) in [7, 11) is -2.37. The van der Waals surface area contributed by atoms with Crippen molar-refractivity contribution >= 4 is 67.0 Å². The lowest BCUT2D eigenvalue weighted by Crippen LogP contribution is -2.60. The smallest absolute Gasteiger partial charge is 0.501 e. The van der Waals surface area contributed by atoms with Gasteiger partial charge in [0.1, 0.15) is 41.6 Å². The third-order valence-electron chi connectivity index (χ3n) is 11.9. The predicted octanol–water partition coefficient (Wildman–Crippen LogP) is 3.53. The van der Waals surface area contributed by atoms with Crippen LogP contribution in [0.15, 0.2) is 65.8 Å². The number of aliphatic hydroxyl groups excluding tert-OH is 4. The molecule has 5 aromatic rings. The third-order valence-corrected chi connectivity index (χ3v) is 13.1. The van der Waals surface area contributed by atoms with E-state index in [9.17, 15) is 48.3 Å². The molecule has 7 rings (SSSR count). The second kappa shape index (κ2) is 24.0. The van der Waals surface area contributed by atoms with Gasteiger partial charge in [-0.05, 0) is 71.9 Å². The maximum absolute atomic E-state index is 14.4. The molecule has 1 fully saturated rings. The zero-order chi connectivity index (χ0) is 52.6. The Morgan fingerprint density at radius 1 is 0.904 bits per heavy atom. The van der Waals surface area contributed by atoms with Crippen LogP contribution in [0.5, 0.6) is 28.7 Å². The number of nitrogens with zero attached hydrogens (tertiary/aromatic N) is 5. The number of amides is 2. The van der Waals surface area contributed by atoms with Gasteiger partial charge < -0.3 is 77.1 Å². The summed E-state index contributed by atoms with van der Waals surface area (Å²) in [6, 6.07) is 13.8. The Kier molecular flexibility index (Phi) is 17.9. The molecule has 6 atom stereocenters. The van der Waals surface area contributed by atoms with Crippen molar-refractivity contribution in [3.05, 3.63) is 93.5 Å². The number of rotatable bonds is 24. The average molecular weight is 1060 g/mol. The molecule has 1 aromatic heterocycles. The fourth-order valence-corrected chi connectivity index (χ4v) is 9.21. The number of anilines is 1. The number of carbonyl (C=O) groups excluding carboxylic acids is 3. The number of halogens is 1. The first-order valence-corrected chi connectivity index (χ1v) is 24.5. The van der Waals surface area contributed by atoms with Gasteiger partial charge in [0, 0.05) is 77.4 Å². The van der Waals surface area contributed by atoms with Crippen LogP contribution in [0.4, 0.5) is 5.69 Å². The second-order valence-electron chi connectivity index (χ2n) is 16.8. The molecule has 392 valence electrons. The zero-order valence-corrected chi connectivity index (χ0v) is 41.2. The van der Waals surface area contributed by atoms with Crippen molar-refractivity contribution in [2.75, 3.05) is 90.8 Å². The largest absolute Gasteiger partial charge is 0.507 e. The second-order valence-corrected chi connectivity index (χ2v) is 18.2. The van der Waals surface area contributed by atoms with Gasteiger partial charge >= 0.3 is 10.4 Å². The SMILES string of the molecule is COc1ccc2c(OS(=O)(=O)Oc3cc(C(=O)N(C)CCOCCOCCOCCN=[N+]=[N-])ccc3O[C@@H]3O[C@H](CO)[C@H](O)[C@H](O)C3O)cc3c(c2c1)[C@H](CCl)CN3C(=O)c1cc2cc(C(C)=O)c(O)cc2[nH]1. The summed E-state index contributed by atoms with van der Waals surface area (Å²) < 4.78 is 72.9. The number of ether oxygens (including phenoxy) is 6. The lowest BCUT2D eigenvalue weighted by molar-refractivity contribution is -0.277. The number of fused-ring (bicyclic) bond motifs is 4. The van der Waals surface area contributed by atoms with E-state index in [2.05, 4.69) is 15.0 Å². The Hall–Kier alpha value is -6.48. The minimum absolute atomic E-state index is 0.0385. The highest BCUT2D eigenvalue weighted by atomic mass is 35.5. The summed E-state index contributed by atoms with van der Waals surface area (Å²) in [6.45, 7) is 2.15. The number of hydrogen-bond acceptors (Lipinski definition) is 19. The molecule has 0 bridgehead atoms. The number of nitrogens with one attached hydrogen (secondary N) is 1. The summed E-state index contributed by atoms with van der Waals surface area (Å²) >= 11 is 6.53. The average Bonchev–Trinajstić information content (AvgIpc) is 3.97. The maximum atomic E-state index is 14.4. The highest BCUT2D eigenvalue weighted by Gasteiger charge is 2.45. The molecule has 0 radical (unpaired) electrons. The number of ketones is 1. The first-order valence-electron chi connectivity index (χ1n) is 22.6. The Labute approximate surface area is 422 Å². The van der Waals surface area contributed by atoms with E-state index >= 15 is 0 Å². The molecule has 1 unspecified atom stereocenters. The van der Waals surface area contributed by atoms with Crippen molar-refractivity contribution in [1.29, 1.82) is 0 Å². The van der Waals surface area contributed by atoms with E-state index in [-0.39, 0.29) is 110 Å². The molecule has 0 aliphatic carbocycles. The molecule has 24 nitrogen and oxygen atoms in total. The van der Waals surface area contributed by atoms with Crippen molar-refractivity contribution in [2.24, 2.45) is 5.11 Å². The number of aromatic hydroxyl groups is 1. The molecular formula is C47H53ClN6O18S. The number of azide groups is 1. The molecule has 0 spiro atoms. The maximum Gasteiger partial charge on any atom is 0.501 e. The van der Waals surface area contributed by atoms with Crippen LogP contribution in [-0.4, -0.2) is 178 Å². The number of phenols is 1. The van der Waals surface area contributed by atoms with Crippen LogP contribution in [0, 0.1) is 0 Å². The van der Waals surface area contributed by atoms with E-state index in [4.69, 9.17) is 53.9 Å². The van der Waals surface area contributed by atoms with Crippen LogP contribution in [0.2, 0.25) is 0 Å². The normalized spacial score (nSPS) is 19.6. The van der Waals surface area contributed by atoms with Crippen molar-refractivity contribution in [1.82, 2.24) is 9.88 Å². The van der Waals surface area contributed by atoms with E-state index in [0.29, 0.717) is 27.6 Å². The molecule has 2 aliphatic heterocycles. The van der Waals surface area contributed by atoms with Crippen molar-refractivity contribution in [3.8, 4) is 28.7 Å². The molecular weight excluding hydrogens is 1000 g/mol. The number of alkyl halides is 1. The Balaban J connectivity index is 1.16. The summed E-state index contributed by atoms with van der Waals surface area (Å²) in [6.07, 6.45) is -8.75. The van der Waals surface area contributed by atoms with Crippen LogP contribution in [0.25, 0.3) is 32.1 Å². The Morgan fingerprint density at radius 3 is 2.30 bits per heavy atom. The van der Waals surface area contributed by atoms with Crippen LogP contribution in [0.3, 0.4) is 0 Å². The van der Waals surface area contributed by atoms with Crippen LogP contribution < -0.4 is 22.7 Å². The lowest BCUT2D eigenvalue weighted by atomic mass is 9.95. The number of hydrogen-bond donors (Lipinski definition) is 6. The van der Waals surface area contributed by atoms with E-state index in [1.54, 1.807) is 18.2 Å². The van der Waals surface area contributed by atoms with Gasteiger partial charge in [0.15, 0.2) is 23.0 Å². The lowest BCUT2D eigenvalue weighted by Gasteiger charge is -2.39. The zero-order valence-electron chi connectivity index (χ0n) is 39.6. The number of likely N-dealkylation sites (N-methyl/N-ethyl adjacent to an activating group) is 1. The van der Waals surface area contributed by atoms with Gasteiger partial charge in [-0.15, -0.1) is 20.0 Å². The van der Waals surface area contributed by atoms with Crippen LogP contribution in [-0.2, 0) is 29.3 Å². The predicted molar refractivity (Wildman–Crippen MR) is 260 cm³/mol. The Bertz CT molecular complexity index is 2990. The van der Waals surface area contributed by atoms with Gasteiger partial charge in [0.2, 0.25) is 6.29 Å². The van der Waals surface area contributed by atoms with Gasteiger partial charge in [0.25, 0.3) is 11.8 Å². The summed E-state index contributed by atoms with van der Waals surface area (Å²) in [5.74, 6) is -3.34. The number of benzene rings is 4. The molecule has 1 saturated heterocycles. The van der Waals surface area contributed by atoms with Crippen molar-refractivity contribution in [3.63, 3.8) is 0 Å². The van der Waals surface area contributed by atoms with E-state index < -0.39 is 76.9 Å². The number of aromatic amines is 1. The first kappa shape index (κ1) is 54.3. The summed E-state index contributed by atoms with van der Waals surface area (Å²) in [4.78, 5) is 48.6. The fraction of sp³-hybridized carbons (Fsp3) is 0.426. The Morgan fingerprint density at radius 2 is 1.62 bits per heavy atom. The van der Waals surface area contributed by atoms with Crippen LogP contribution >= 0.6 is 11.6 Å². The molecule has 0 saturated carbocycles. The number of phenolic OH excluding ortho intramolecular Hbond substituents is 1. The highest BCUT2D eigenvalue weighted by Crippen LogP contribution is 2.48. The number of Topliss-reactive ketones (excluding diaryl/α,β-unsaturated/α-hetero) is 1. The molecule has 6 N–H and O–H groups in total. The van der Waals surface area contributed by atoms with Gasteiger partial charge in [-0.3, -0.25) is 14.4 Å². The topological polar surface area (TPSA) is 331 Å². The third kappa shape index (κ3) is 12.5. The number of methoxy groups -OCH3 is 1. The highest BCUT2D eigenvalue weighted by molar-refractivity contribution is 7.82. The minimum atomic E-state index is -5.28. The molecule has 26 heteroatoms. The van der Waals surface area contributed by atoms with Gasteiger partial charge in [-0.1, -0.05) is 5.11 Å². The number of aliphatic hydroxyl groups is 4. The molecule has 4 aromatic carbocycles. The quantitative estimate of drug-likeness (QED) is 0.0129. The van der Waals surface area contributed by atoms with Crippen LogP contribution in [0.1, 0.15) is 49.6 Å². The summed E-state index contributed by atoms with van der Waals surface area (Å²) in [5, 5.41) is 56.4. The number of H-pyrrole nitrogens is 1. The van der Waals surface area contributed by atoms with Gasteiger partial charge in [-0.25, -0.2) is 0 Å². The fourth-order valence-electron chi connectivity index (χ4n) is 8.21. The standard InChI is InChI=1S/C47H53ClN6O18S/c1-25(56)31-16-27-17-34(51-33(27)20-36(31)57)46(62)54-23-28(22-48)41-32-19-29(65-3)5-6-30(32)38(21-35(41)54)71-73(63,64)72-39-18-26(4-7-37(39)69-47-44(60)43(59)42(58)40(24-55)70-47)45(61)53(2)9-11-67-13-15-68-14-12-66-10-8-50-52-49/h4-7,16-21,28,40,42-44,47,51,55,57-60H,8-15,22-24H2,1-3H3/t28-,40-,42+,43+,44?,47-/m1/s1. The summed E-state index contributed by atoms with van der Waals surface area (Å²) in [5.41, 5.74) is 9.49. The van der Waals surface area contributed by atoms with Crippen molar-refractivity contribution in [2.45, 2.75) is 43.5 Å².